The molecule has 3 aromatic carbocycles. The Morgan fingerprint density at radius 1 is 1.03 bits per heavy atom. The third kappa shape index (κ3) is 4.53. The van der Waals surface area contributed by atoms with Gasteiger partial charge < -0.3 is 18.9 Å². The van der Waals surface area contributed by atoms with Gasteiger partial charge in [-0.2, -0.15) is 0 Å². The van der Waals surface area contributed by atoms with Crippen LogP contribution >= 0.6 is 15.9 Å². The summed E-state index contributed by atoms with van der Waals surface area (Å²) in [6.45, 7) is 0.298. The van der Waals surface area contributed by atoms with Crippen LogP contribution in [-0.2, 0) is 11.3 Å². The van der Waals surface area contributed by atoms with Gasteiger partial charge in [-0.3, -0.25) is 4.79 Å². The van der Waals surface area contributed by atoms with Crippen molar-refractivity contribution in [2.24, 2.45) is 0 Å². The molecule has 1 aliphatic rings. The summed E-state index contributed by atoms with van der Waals surface area (Å²) in [4.78, 5) is 24.3. The maximum absolute atomic E-state index is 12.8. The summed E-state index contributed by atoms with van der Waals surface area (Å²) in [7, 11) is 2.92. The number of methoxy groups -OCH3 is 2. The van der Waals surface area contributed by atoms with Gasteiger partial charge in [0.2, 0.25) is 5.78 Å². The fraction of sp³-hybridized carbons (Fsp3) is 0.120. The number of carbonyl (C=O) groups is 2. The van der Waals surface area contributed by atoms with Crippen molar-refractivity contribution in [2.45, 2.75) is 6.61 Å². The van der Waals surface area contributed by atoms with Crippen molar-refractivity contribution in [3.05, 3.63) is 93.1 Å². The zero-order valence-corrected chi connectivity index (χ0v) is 19.0. The highest BCUT2D eigenvalue weighted by Crippen LogP contribution is 2.36. The Morgan fingerprint density at radius 2 is 1.81 bits per heavy atom. The molecule has 32 heavy (non-hydrogen) atoms. The molecule has 0 atom stereocenters. The second-order valence-electron chi connectivity index (χ2n) is 6.96. The molecule has 0 aromatic heterocycles. The van der Waals surface area contributed by atoms with E-state index in [4.69, 9.17) is 18.9 Å². The maximum Gasteiger partial charge on any atom is 0.337 e. The van der Waals surface area contributed by atoms with Gasteiger partial charge >= 0.3 is 5.97 Å². The maximum atomic E-state index is 12.8. The van der Waals surface area contributed by atoms with E-state index in [0.29, 0.717) is 35.0 Å². The molecule has 6 nitrogen and oxygen atoms in total. The van der Waals surface area contributed by atoms with Crippen LogP contribution in [0.3, 0.4) is 0 Å². The lowest BCUT2D eigenvalue weighted by molar-refractivity contribution is 0.0600. The van der Waals surface area contributed by atoms with E-state index in [9.17, 15) is 9.59 Å². The number of rotatable bonds is 6. The molecule has 1 heterocycles. The molecule has 0 spiro atoms. The highest BCUT2D eigenvalue weighted by atomic mass is 79.9. The van der Waals surface area contributed by atoms with Gasteiger partial charge in [-0.1, -0.05) is 28.1 Å². The molecule has 0 fully saturated rings. The first-order valence-corrected chi connectivity index (χ1v) is 10.5. The van der Waals surface area contributed by atoms with Gasteiger partial charge in [-0.05, 0) is 54.1 Å². The molecule has 162 valence electrons. The Kier molecular flexibility index (Phi) is 6.28. The first kappa shape index (κ1) is 21.6. The van der Waals surface area contributed by atoms with E-state index in [0.717, 1.165) is 15.6 Å². The third-order valence-electron chi connectivity index (χ3n) is 4.90. The molecule has 0 amide bonds. The second-order valence-corrected chi connectivity index (χ2v) is 7.88. The summed E-state index contributed by atoms with van der Waals surface area (Å²) >= 11 is 3.43. The Balaban J connectivity index is 1.48. The normalized spacial score (nSPS) is 13.5. The van der Waals surface area contributed by atoms with E-state index >= 15 is 0 Å². The van der Waals surface area contributed by atoms with Gasteiger partial charge in [0.1, 0.15) is 23.9 Å². The summed E-state index contributed by atoms with van der Waals surface area (Å²) in [6, 6.07) is 17.6. The number of Topliss-reactive ketones (excluding diaryl/α,β-unsaturated/α-hetero) is 1. The molecular formula is C25H19BrO6. The molecule has 7 heteroatoms. The molecule has 4 rings (SSSR count). The SMILES string of the molecule is COC(=O)c1ccc(COc2ccc3c(c2)OC(=Cc2cc(Br)ccc2OC)C3=O)cc1. The van der Waals surface area contributed by atoms with E-state index in [-0.39, 0.29) is 17.5 Å². The quantitative estimate of drug-likeness (QED) is 0.335. The predicted octanol–water partition coefficient (Wildman–Crippen LogP) is 5.44. The van der Waals surface area contributed by atoms with Gasteiger partial charge in [0.05, 0.1) is 25.3 Å². The summed E-state index contributed by atoms with van der Waals surface area (Å²) in [6.07, 6.45) is 1.66. The lowest BCUT2D eigenvalue weighted by Gasteiger charge is -2.08. The first-order valence-electron chi connectivity index (χ1n) is 9.70. The van der Waals surface area contributed by atoms with Crippen molar-refractivity contribution < 1.29 is 28.5 Å². The monoisotopic (exact) mass is 494 g/mol. The Bertz CT molecular complexity index is 1210. The van der Waals surface area contributed by atoms with Gasteiger partial charge in [-0.15, -0.1) is 0 Å². The summed E-state index contributed by atoms with van der Waals surface area (Å²) in [5, 5.41) is 0. The number of ketones is 1. The fourth-order valence-corrected chi connectivity index (χ4v) is 3.62. The van der Waals surface area contributed by atoms with E-state index < -0.39 is 0 Å². The smallest absolute Gasteiger partial charge is 0.337 e. The number of benzene rings is 3. The van der Waals surface area contributed by atoms with Crippen molar-refractivity contribution in [1.29, 1.82) is 0 Å². The summed E-state index contributed by atoms with van der Waals surface area (Å²) in [5.74, 6) is 1.26. The molecule has 0 bridgehead atoms. The minimum absolute atomic E-state index is 0.202. The standard InChI is InChI=1S/C25H19BrO6/c1-29-21-10-7-18(26)11-17(21)12-23-24(27)20-9-8-19(13-22(20)32-23)31-14-15-3-5-16(6-4-15)25(28)30-2/h3-13H,14H2,1-2H3. The molecule has 0 radical (unpaired) electrons. The lowest BCUT2D eigenvalue weighted by Crippen LogP contribution is -2.02. The summed E-state index contributed by atoms with van der Waals surface area (Å²) in [5.41, 5.74) is 2.56. The largest absolute Gasteiger partial charge is 0.496 e. The number of hydrogen-bond acceptors (Lipinski definition) is 6. The lowest BCUT2D eigenvalue weighted by atomic mass is 10.1. The topological polar surface area (TPSA) is 71.1 Å². The van der Waals surface area contributed by atoms with E-state index in [1.54, 1.807) is 55.7 Å². The van der Waals surface area contributed by atoms with Crippen LogP contribution in [0.5, 0.6) is 17.2 Å². The van der Waals surface area contributed by atoms with Crippen molar-refractivity contribution in [2.75, 3.05) is 14.2 Å². The molecule has 0 aliphatic carbocycles. The second kappa shape index (κ2) is 9.28. The number of hydrogen-bond donors (Lipinski definition) is 0. The van der Waals surface area contributed by atoms with Gasteiger partial charge in [0, 0.05) is 16.1 Å². The molecule has 1 aliphatic heterocycles. The van der Waals surface area contributed by atoms with Crippen LogP contribution in [0, 0.1) is 0 Å². The van der Waals surface area contributed by atoms with Crippen LogP contribution in [0.2, 0.25) is 0 Å². The van der Waals surface area contributed by atoms with Crippen molar-refractivity contribution >= 4 is 33.8 Å². The van der Waals surface area contributed by atoms with E-state index in [2.05, 4.69) is 15.9 Å². The van der Waals surface area contributed by atoms with Crippen LogP contribution in [0.1, 0.15) is 31.8 Å². The number of allylic oxidation sites excluding steroid dienone is 1. The van der Waals surface area contributed by atoms with Crippen LogP contribution in [0.4, 0.5) is 0 Å². The predicted molar refractivity (Wildman–Crippen MR) is 122 cm³/mol. The molecule has 0 saturated heterocycles. The van der Waals surface area contributed by atoms with Crippen LogP contribution < -0.4 is 14.2 Å². The van der Waals surface area contributed by atoms with E-state index in [1.165, 1.54) is 7.11 Å². The average molecular weight is 495 g/mol. The van der Waals surface area contributed by atoms with Gasteiger partial charge in [0.15, 0.2) is 5.76 Å². The van der Waals surface area contributed by atoms with Crippen molar-refractivity contribution in [3.8, 4) is 17.2 Å². The number of ether oxygens (including phenoxy) is 4. The van der Waals surface area contributed by atoms with Crippen molar-refractivity contribution in [1.82, 2.24) is 0 Å². The minimum atomic E-state index is -0.387. The van der Waals surface area contributed by atoms with Gasteiger partial charge in [0.25, 0.3) is 0 Å². The Morgan fingerprint density at radius 3 is 2.53 bits per heavy atom. The van der Waals surface area contributed by atoms with Crippen LogP contribution in [0.15, 0.2) is 70.9 Å². The number of halogens is 1. The Labute approximate surface area is 193 Å². The molecule has 0 saturated carbocycles. The molecule has 3 aromatic rings. The average Bonchev–Trinajstić information content (AvgIpc) is 3.12. The Hall–Kier alpha value is -3.58. The van der Waals surface area contributed by atoms with Crippen LogP contribution in [0.25, 0.3) is 6.08 Å². The zero-order valence-electron chi connectivity index (χ0n) is 17.4. The summed E-state index contributed by atoms with van der Waals surface area (Å²) < 4.78 is 22.6. The first-order chi connectivity index (χ1) is 15.5. The van der Waals surface area contributed by atoms with E-state index in [1.807, 2.05) is 18.2 Å². The number of fused-ring (bicyclic) bond motifs is 1. The number of esters is 1. The highest BCUT2D eigenvalue weighted by molar-refractivity contribution is 9.10. The number of carbonyl (C=O) groups excluding carboxylic acids is 2. The molecule has 0 unspecified atom stereocenters. The van der Waals surface area contributed by atoms with Crippen LogP contribution in [-0.4, -0.2) is 26.0 Å². The minimum Gasteiger partial charge on any atom is -0.496 e. The molecular weight excluding hydrogens is 476 g/mol. The highest BCUT2D eigenvalue weighted by Gasteiger charge is 2.28. The van der Waals surface area contributed by atoms with Gasteiger partial charge in [-0.25, -0.2) is 4.79 Å². The van der Waals surface area contributed by atoms with Crippen molar-refractivity contribution in [3.63, 3.8) is 0 Å². The molecule has 0 N–H and O–H groups in total. The third-order valence-corrected chi connectivity index (χ3v) is 5.39. The zero-order chi connectivity index (χ0) is 22.7. The fourth-order valence-electron chi connectivity index (χ4n) is 3.24.